The Labute approximate surface area is 517 Å². The zero-order valence-electron chi connectivity index (χ0n) is 38.3. The largest absolute Gasteiger partial charge is 1.00 e. The van der Waals surface area contributed by atoms with Gasteiger partial charge in [-0.25, -0.2) is 37.5 Å². The summed E-state index contributed by atoms with van der Waals surface area (Å²) < 4.78 is 74.6. The number of aliphatic imine (C=N–C) groups is 2. The van der Waals surface area contributed by atoms with E-state index < -0.39 is 34.4 Å². The van der Waals surface area contributed by atoms with Gasteiger partial charge in [0.1, 0.15) is 28.2 Å². The Morgan fingerprint density at radius 1 is 0.836 bits per heavy atom. The van der Waals surface area contributed by atoms with Crippen molar-refractivity contribution in [1.82, 2.24) is 19.9 Å². The van der Waals surface area contributed by atoms with Crippen LogP contribution >= 0.6 is 35.1 Å². The minimum Gasteiger partial charge on any atom is -1.00 e. The van der Waals surface area contributed by atoms with Gasteiger partial charge in [-0.2, -0.15) is 0 Å². The van der Waals surface area contributed by atoms with Crippen LogP contribution < -0.4 is 159 Å². The van der Waals surface area contributed by atoms with E-state index in [4.69, 9.17) is 53.8 Å². The zero-order valence-corrected chi connectivity index (χ0v) is 52.2. The van der Waals surface area contributed by atoms with Crippen molar-refractivity contribution < 1.29 is 186 Å². The molecule has 0 spiro atoms. The number of fused-ring (bicyclic) bond motifs is 2. The zero-order chi connectivity index (χ0) is 47.2. The molecule has 4 aromatic rings. The van der Waals surface area contributed by atoms with Gasteiger partial charge in [-0.3, -0.25) is 14.8 Å². The van der Waals surface area contributed by atoms with Crippen LogP contribution in [0.3, 0.4) is 0 Å². The number of carbonyl (C=O) groups is 1. The summed E-state index contributed by atoms with van der Waals surface area (Å²) in [6.45, 7) is 4.61. The molecule has 2 saturated carbocycles. The molecule has 2 fully saturated rings. The minimum absolute atomic E-state index is 0. The van der Waals surface area contributed by atoms with Crippen LogP contribution in [0.4, 0.5) is 17.6 Å². The Balaban J connectivity index is 0.000000322. The average Bonchev–Trinajstić information content (AvgIpc) is 4.20. The van der Waals surface area contributed by atoms with Crippen LogP contribution in [0.2, 0.25) is 5.15 Å². The fraction of sp³-hybridized carbons (Fsp3) is 0.341. The number of thioether (sulfide) groups is 2. The van der Waals surface area contributed by atoms with Crippen LogP contribution in [-0.4, -0.2) is 80.3 Å². The van der Waals surface area contributed by atoms with E-state index >= 15 is 0 Å². The van der Waals surface area contributed by atoms with Crippen LogP contribution in [0.25, 0.3) is 23.8 Å². The first kappa shape index (κ1) is 58.1. The molecule has 2 aromatic carbocycles. The van der Waals surface area contributed by atoms with Crippen LogP contribution in [0.1, 0.15) is 61.8 Å². The van der Waals surface area contributed by atoms with Gasteiger partial charge in [0.05, 0.1) is 58.6 Å². The van der Waals surface area contributed by atoms with E-state index in [1.54, 1.807) is 26.4 Å². The maximum absolute atomic E-state index is 14.9. The van der Waals surface area contributed by atoms with Crippen molar-refractivity contribution in [2.45, 2.75) is 47.3 Å². The molecule has 14 nitrogen and oxygen atoms in total. The fourth-order valence-electron chi connectivity index (χ4n) is 8.21. The SMILES string of the molecule is C#CCOc1cnc(/C(F)=C/c2ccc(F)c([C@@]3(C)N=C(N)S[C@@]4(COC)C[C@H]43)c2)cn1.COC[C@]12C[C@H]1[C@@](C)(c1cc(/C=C(\F)c3cnc(Cl)cn3)ccc1F)N=C(N)S2.O=CO[O-].[Cs+].[Cs+].[H-]. The molecule has 0 bridgehead atoms. The molecule has 0 saturated heterocycles. The number of aromatic nitrogens is 4. The summed E-state index contributed by atoms with van der Waals surface area (Å²) in [7, 11) is 3.27. The molecule has 67 heavy (non-hydrogen) atoms. The summed E-state index contributed by atoms with van der Waals surface area (Å²) in [6.07, 6.45) is 14.4. The average molecular weight is 1220 g/mol. The standard InChI is InChI=1S/C23H22F2N4O2S.C20H19ClF2N4OS.CH2O3.2Cs.H/c1-4-7-31-20-12-27-18(11-28-20)17(25)9-14-5-6-16(24)15(8-14)22(2)19-10-23(19,13-30-3)32-21(26)29-22;1-19(16-7-20(16,10-28-2)29-18(24)27-19)12-5-11(3-4-13(12)22)6-14(23)15-8-26-17(21)9-25-15;2-1-4-3;;;/h1,5-6,8-9,11-12,19H,7,10,13H2,2-3H3,(H2,26,29);3-6,8-9,16H,7,10H2,1-2H3,(H2,24,27);1,3H;;;/q;;;2*+1;-1/p-1/b17-9-;14-6-;;;;/t19-,22+,23+;16-,19+,20+;;;;/m00..../s1. The second-order valence-corrected chi connectivity index (χ2v) is 18.8. The third-order valence-electron chi connectivity index (χ3n) is 11.2. The molecule has 344 valence electrons. The van der Waals surface area contributed by atoms with Gasteiger partial charge in [0.15, 0.2) is 28.6 Å². The number of nitrogens with two attached hydrogens (primary N) is 2. The molecule has 4 aliphatic rings. The molecular formula is C44H43ClCs2F4N8O6S2. The van der Waals surface area contributed by atoms with Gasteiger partial charge in [-0.15, -0.1) is 6.42 Å². The first-order chi connectivity index (χ1) is 31.0. The molecule has 4 N–H and O–H groups in total. The predicted octanol–water partition coefficient (Wildman–Crippen LogP) is 0.751. The Morgan fingerprint density at radius 2 is 1.28 bits per heavy atom. The molecule has 8 rings (SSSR count). The van der Waals surface area contributed by atoms with E-state index in [-0.39, 0.29) is 196 Å². The number of hydrogen-bond donors (Lipinski definition) is 2. The van der Waals surface area contributed by atoms with Crippen molar-refractivity contribution in [2.75, 3.05) is 34.0 Å². The van der Waals surface area contributed by atoms with Crippen molar-refractivity contribution in [3.8, 4) is 18.2 Å². The molecule has 2 aliphatic carbocycles. The third-order valence-corrected chi connectivity index (χ3v) is 14.0. The van der Waals surface area contributed by atoms with Gasteiger partial charge >= 0.3 is 138 Å². The maximum Gasteiger partial charge on any atom is 1.00 e. The van der Waals surface area contributed by atoms with E-state index in [0.717, 1.165) is 12.8 Å². The van der Waals surface area contributed by atoms with Gasteiger partial charge in [-0.05, 0) is 74.2 Å². The minimum atomic E-state index is -0.867. The number of nitrogens with zero attached hydrogens (tertiary/aromatic N) is 6. The van der Waals surface area contributed by atoms with Crippen molar-refractivity contribution in [1.29, 1.82) is 0 Å². The number of amidine groups is 2. The topological polar surface area (TPSA) is 205 Å². The Kier molecular flexibility index (Phi) is 21.9. The predicted molar refractivity (Wildman–Crippen MR) is 241 cm³/mol. The van der Waals surface area contributed by atoms with E-state index in [1.165, 1.54) is 84.7 Å². The van der Waals surface area contributed by atoms with Gasteiger partial charge in [0.25, 0.3) is 6.47 Å². The fourth-order valence-corrected chi connectivity index (χ4v) is 11.2. The van der Waals surface area contributed by atoms with Crippen molar-refractivity contribution in [3.05, 3.63) is 112 Å². The summed E-state index contributed by atoms with van der Waals surface area (Å²) in [4.78, 5) is 36.2. The van der Waals surface area contributed by atoms with E-state index in [9.17, 15) is 17.6 Å². The quantitative estimate of drug-likeness (QED) is 0.0624. The summed E-state index contributed by atoms with van der Waals surface area (Å²) >= 11 is 8.65. The first-order valence-corrected chi connectivity index (χ1v) is 21.5. The van der Waals surface area contributed by atoms with Gasteiger partial charge < -0.3 is 37.2 Å². The van der Waals surface area contributed by atoms with Crippen LogP contribution in [-0.2, 0) is 30.2 Å². The summed E-state index contributed by atoms with van der Waals surface area (Å²) in [5.74, 6) is 0.615. The molecule has 0 radical (unpaired) electrons. The summed E-state index contributed by atoms with van der Waals surface area (Å²) in [5.41, 5.74) is 12.2. The van der Waals surface area contributed by atoms with E-state index in [2.05, 4.69) is 40.7 Å². The Hall–Kier alpha value is -1.46. The number of rotatable bonds is 13. The van der Waals surface area contributed by atoms with Crippen LogP contribution in [0.15, 0.2) is 71.2 Å². The molecule has 2 aromatic heterocycles. The number of carbonyl (C=O) groups excluding carboxylic acids is 1. The smallest absolute Gasteiger partial charge is 1.00 e. The third kappa shape index (κ3) is 13.7. The Bertz CT molecular complexity index is 2590. The number of methoxy groups -OCH3 is 2. The van der Waals surface area contributed by atoms with Gasteiger partial charge in [-0.1, -0.05) is 53.2 Å². The summed E-state index contributed by atoms with van der Waals surface area (Å²) in [5, 5.41) is 9.40. The molecule has 6 atom stereocenters. The monoisotopic (exact) mass is 1220 g/mol. The summed E-state index contributed by atoms with van der Waals surface area (Å²) in [6, 6.07) is 8.86. The van der Waals surface area contributed by atoms with E-state index in [0.29, 0.717) is 45.8 Å². The van der Waals surface area contributed by atoms with Gasteiger partial charge in [0, 0.05) is 37.2 Å². The molecular weight excluding hydrogens is 1180 g/mol. The van der Waals surface area contributed by atoms with Crippen LogP contribution in [0.5, 0.6) is 5.88 Å². The second kappa shape index (κ2) is 25.3. The van der Waals surface area contributed by atoms with Gasteiger partial charge in [0.2, 0.25) is 5.88 Å². The molecule has 2 aliphatic heterocycles. The van der Waals surface area contributed by atoms with Crippen LogP contribution in [0, 0.1) is 35.8 Å². The molecule has 0 unspecified atom stereocenters. The van der Waals surface area contributed by atoms with E-state index in [1.807, 2.05) is 13.8 Å². The van der Waals surface area contributed by atoms with Crippen molar-refractivity contribution in [2.24, 2.45) is 33.3 Å². The normalized spacial score (nSPS) is 25.4. The number of halogens is 5. The molecule has 4 heterocycles. The Morgan fingerprint density at radius 3 is 1.66 bits per heavy atom. The first-order valence-electron chi connectivity index (χ1n) is 19.5. The molecule has 23 heteroatoms. The number of ether oxygens (including phenoxy) is 3. The number of hydrogen-bond acceptors (Lipinski definition) is 16. The van der Waals surface area contributed by atoms with Crippen molar-refractivity contribution in [3.63, 3.8) is 0 Å². The number of terminal acetylenes is 1. The molecule has 0 amide bonds. The second-order valence-electron chi connectivity index (χ2n) is 15.5. The number of benzene rings is 2. The van der Waals surface area contributed by atoms with Crippen molar-refractivity contribution >= 4 is 75.7 Å². The maximum atomic E-state index is 14.9.